The fraction of sp³-hybridized carbons (Fsp3) is 0.250. The maximum Gasteiger partial charge on any atom is 0.225 e. The smallest absolute Gasteiger partial charge is 0.225 e. The summed E-state index contributed by atoms with van der Waals surface area (Å²) < 4.78 is 4.97. The number of carbonyl (C=O) groups excluding carboxylic acids is 1. The lowest BCUT2D eigenvalue weighted by atomic mass is 9.97. The Morgan fingerprint density at radius 1 is 1.29 bits per heavy atom. The highest BCUT2D eigenvalue weighted by molar-refractivity contribution is 5.91. The third-order valence-electron chi connectivity index (χ3n) is 3.23. The van der Waals surface area contributed by atoms with Gasteiger partial charge >= 0.3 is 0 Å². The van der Waals surface area contributed by atoms with Crippen LogP contribution in [-0.2, 0) is 4.79 Å². The predicted molar refractivity (Wildman–Crippen MR) is 83.3 cm³/mol. The van der Waals surface area contributed by atoms with Crippen molar-refractivity contribution >= 4 is 17.3 Å². The zero-order valence-electron chi connectivity index (χ0n) is 12.2. The lowest BCUT2D eigenvalue weighted by Gasteiger charge is -2.12. The molecule has 0 saturated heterocycles. The first-order valence-corrected chi connectivity index (χ1v) is 6.74. The number of hydrogen-bond acceptors (Lipinski definition) is 4. The van der Waals surface area contributed by atoms with Crippen LogP contribution in [0.25, 0.3) is 0 Å². The van der Waals surface area contributed by atoms with E-state index < -0.39 is 0 Å². The molecule has 0 saturated carbocycles. The molecule has 1 atom stereocenters. The third-order valence-corrected chi connectivity index (χ3v) is 3.23. The first-order chi connectivity index (χ1) is 10.1. The minimum absolute atomic E-state index is 0.0497. The van der Waals surface area contributed by atoms with Crippen LogP contribution < -0.4 is 15.8 Å². The largest absolute Gasteiger partial charge is 0.481 e. The average Bonchev–Trinajstić information content (AvgIpc) is 2.48. The van der Waals surface area contributed by atoms with Crippen LogP contribution in [0, 0.1) is 0 Å². The van der Waals surface area contributed by atoms with Crippen molar-refractivity contribution in [3.8, 4) is 5.88 Å². The van der Waals surface area contributed by atoms with Crippen molar-refractivity contribution in [3.05, 3.63) is 48.2 Å². The molecule has 0 spiro atoms. The summed E-state index contributed by atoms with van der Waals surface area (Å²) in [6.07, 6.45) is 1.97. The van der Waals surface area contributed by atoms with E-state index in [-0.39, 0.29) is 11.8 Å². The van der Waals surface area contributed by atoms with Crippen LogP contribution in [0.15, 0.2) is 42.6 Å². The quantitative estimate of drug-likeness (QED) is 0.828. The lowest BCUT2D eigenvalue weighted by molar-refractivity contribution is -0.116. The first kappa shape index (κ1) is 14.8. The highest BCUT2D eigenvalue weighted by Crippen LogP contribution is 2.21. The summed E-state index contributed by atoms with van der Waals surface area (Å²) in [6, 6.07) is 11.1. The van der Waals surface area contributed by atoms with Gasteiger partial charge in [0.15, 0.2) is 0 Å². The maximum atomic E-state index is 12.0. The van der Waals surface area contributed by atoms with E-state index in [1.54, 1.807) is 25.4 Å². The fourth-order valence-corrected chi connectivity index (χ4v) is 2.01. The van der Waals surface area contributed by atoms with Crippen LogP contribution in [0.3, 0.4) is 0 Å². The van der Waals surface area contributed by atoms with E-state index in [9.17, 15) is 4.79 Å². The van der Waals surface area contributed by atoms with Crippen LogP contribution >= 0.6 is 0 Å². The van der Waals surface area contributed by atoms with Crippen molar-refractivity contribution in [2.24, 2.45) is 0 Å². The Hall–Kier alpha value is -2.56. The summed E-state index contributed by atoms with van der Waals surface area (Å²) in [4.78, 5) is 16.1. The molecule has 21 heavy (non-hydrogen) atoms. The molecule has 2 aromatic rings. The van der Waals surface area contributed by atoms with Gasteiger partial charge in [0.2, 0.25) is 11.8 Å². The van der Waals surface area contributed by atoms with Gasteiger partial charge in [-0.1, -0.05) is 19.1 Å². The number of hydrogen-bond donors (Lipinski definition) is 2. The van der Waals surface area contributed by atoms with Crippen molar-refractivity contribution in [2.45, 2.75) is 19.3 Å². The van der Waals surface area contributed by atoms with Crippen LogP contribution in [0.1, 0.15) is 24.8 Å². The van der Waals surface area contributed by atoms with E-state index in [0.717, 1.165) is 11.3 Å². The van der Waals surface area contributed by atoms with Crippen molar-refractivity contribution in [1.29, 1.82) is 0 Å². The predicted octanol–water partition coefficient (Wildman–Crippen LogP) is 2.80. The molecule has 0 aliphatic heterocycles. The zero-order valence-corrected chi connectivity index (χ0v) is 12.2. The van der Waals surface area contributed by atoms with E-state index in [4.69, 9.17) is 10.5 Å². The highest BCUT2D eigenvalue weighted by atomic mass is 16.5. The minimum Gasteiger partial charge on any atom is -0.481 e. The molecule has 5 heteroatoms. The molecule has 1 unspecified atom stereocenters. The van der Waals surface area contributed by atoms with E-state index in [0.29, 0.717) is 18.0 Å². The number of nitrogens with two attached hydrogens (primary N) is 1. The number of methoxy groups -OCH3 is 1. The molecule has 1 aromatic heterocycles. The van der Waals surface area contributed by atoms with Crippen molar-refractivity contribution in [2.75, 3.05) is 18.2 Å². The Kier molecular flexibility index (Phi) is 4.77. The monoisotopic (exact) mass is 285 g/mol. The van der Waals surface area contributed by atoms with Gasteiger partial charge < -0.3 is 15.8 Å². The van der Waals surface area contributed by atoms with Crippen molar-refractivity contribution < 1.29 is 9.53 Å². The summed E-state index contributed by atoms with van der Waals surface area (Å²) >= 11 is 0. The molecule has 1 aromatic carbocycles. The molecule has 0 aliphatic rings. The van der Waals surface area contributed by atoms with Gasteiger partial charge in [-0.25, -0.2) is 4.98 Å². The Labute approximate surface area is 124 Å². The molecule has 2 rings (SSSR count). The number of benzene rings is 1. The van der Waals surface area contributed by atoms with E-state index in [1.165, 1.54) is 0 Å². The Bertz CT molecular complexity index is 594. The highest BCUT2D eigenvalue weighted by Gasteiger charge is 2.11. The number of nitrogens with one attached hydrogen (secondary N) is 1. The van der Waals surface area contributed by atoms with Gasteiger partial charge in [-0.2, -0.15) is 0 Å². The molecule has 0 fully saturated rings. The number of nitrogen functional groups attached to an aromatic ring is 1. The van der Waals surface area contributed by atoms with Gasteiger partial charge in [-0.15, -0.1) is 0 Å². The summed E-state index contributed by atoms with van der Waals surface area (Å²) in [5, 5.41) is 2.82. The Morgan fingerprint density at radius 2 is 2.00 bits per heavy atom. The molecule has 3 N–H and O–H groups in total. The van der Waals surface area contributed by atoms with Gasteiger partial charge in [0.1, 0.15) is 0 Å². The van der Waals surface area contributed by atoms with Gasteiger partial charge in [-0.05, 0) is 29.7 Å². The van der Waals surface area contributed by atoms with Crippen LogP contribution in [-0.4, -0.2) is 18.0 Å². The Balaban J connectivity index is 1.92. The molecule has 0 bridgehead atoms. The van der Waals surface area contributed by atoms with Gasteiger partial charge in [-0.3, -0.25) is 4.79 Å². The maximum absolute atomic E-state index is 12.0. The number of nitrogens with zero attached hydrogens (tertiary/aromatic N) is 1. The molecule has 0 radical (unpaired) electrons. The number of anilines is 2. The summed E-state index contributed by atoms with van der Waals surface area (Å²) in [7, 11) is 1.55. The third kappa shape index (κ3) is 4.21. The first-order valence-electron chi connectivity index (χ1n) is 6.74. The number of ether oxygens (including phenoxy) is 1. The van der Waals surface area contributed by atoms with Crippen LogP contribution in [0.2, 0.25) is 0 Å². The van der Waals surface area contributed by atoms with Crippen LogP contribution in [0.5, 0.6) is 5.88 Å². The average molecular weight is 285 g/mol. The summed E-state index contributed by atoms with van der Waals surface area (Å²) in [5.74, 6) is 0.589. The minimum atomic E-state index is -0.0497. The number of rotatable bonds is 5. The number of pyridine rings is 1. The molecule has 1 heterocycles. The lowest BCUT2D eigenvalue weighted by Crippen LogP contribution is -2.14. The Morgan fingerprint density at radius 3 is 2.57 bits per heavy atom. The van der Waals surface area contributed by atoms with Crippen molar-refractivity contribution in [1.82, 2.24) is 4.98 Å². The van der Waals surface area contributed by atoms with Gasteiger partial charge in [0, 0.05) is 18.2 Å². The van der Waals surface area contributed by atoms with Gasteiger partial charge in [0.05, 0.1) is 19.0 Å². The SMILES string of the molecule is COc1ccc(NC(=O)CC(C)c2ccc(N)cc2)cn1. The van der Waals surface area contributed by atoms with E-state index >= 15 is 0 Å². The van der Waals surface area contributed by atoms with E-state index in [1.807, 2.05) is 31.2 Å². The summed E-state index contributed by atoms with van der Waals surface area (Å²) in [5.41, 5.74) is 8.13. The molecule has 1 amide bonds. The van der Waals surface area contributed by atoms with Crippen LogP contribution in [0.4, 0.5) is 11.4 Å². The number of aromatic nitrogens is 1. The van der Waals surface area contributed by atoms with Crippen molar-refractivity contribution in [3.63, 3.8) is 0 Å². The number of carbonyl (C=O) groups is 1. The number of amides is 1. The molecule has 0 aliphatic carbocycles. The standard InChI is InChI=1S/C16H19N3O2/c1-11(12-3-5-13(17)6-4-12)9-15(20)19-14-7-8-16(21-2)18-10-14/h3-8,10-11H,9,17H2,1-2H3,(H,19,20). The zero-order chi connectivity index (χ0) is 15.2. The molecule has 110 valence electrons. The molecule has 5 nitrogen and oxygen atoms in total. The topological polar surface area (TPSA) is 77.2 Å². The molecular formula is C16H19N3O2. The normalized spacial score (nSPS) is 11.7. The second-order valence-corrected chi connectivity index (χ2v) is 4.91. The molecular weight excluding hydrogens is 266 g/mol. The second-order valence-electron chi connectivity index (χ2n) is 4.91. The fourth-order valence-electron chi connectivity index (χ4n) is 2.01. The summed E-state index contributed by atoms with van der Waals surface area (Å²) in [6.45, 7) is 2.01. The van der Waals surface area contributed by atoms with Gasteiger partial charge in [0.25, 0.3) is 0 Å². The van der Waals surface area contributed by atoms with E-state index in [2.05, 4.69) is 10.3 Å². The second kappa shape index (κ2) is 6.74.